The standard InChI is InChI=1S/C13H16BrNO2/c1-8(9-3-2-4-9)15-13(17)11-6-5-10(14)7-12(11)16/h5-9,16H,2-4H2,1H3,(H,15,17). The lowest BCUT2D eigenvalue weighted by Crippen LogP contribution is -2.40. The lowest BCUT2D eigenvalue weighted by atomic mass is 9.80. The number of carbonyl (C=O) groups excluding carboxylic acids is 1. The van der Waals surface area contributed by atoms with Gasteiger partial charge in [0.25, 0.3) is 5.91 Å². The van der Waals surface area contributed by atoms with Crippen molar-refractivity contribution in [3.05, 3.63) is 28.2 Å². The molecule has 0 bridgehead atoms. The Labute approximate surface area is 109 Å². The van der Waals surface area contributed by atoms with Crippen LogP contribution >= 0.6 is 15.9 Å². The van der Waals surface area contributed by atoms with Gasteiger partial charge in [0.15, 0.2) is 0 Å². The Morgan fingerprint density at radius 2 is 2.24 bits per heavy atom. The Morgan fingerprint density at radius 3 is 2.76 bits per heavy atom. The molecule has 2 rings (SSSR count). The minimum absolute atomic E-state index is 0.0117. The number of benzene rings is 1. The first-order chi connectivity index (χ1) is 8.08. The summed E-state index contributed by atoms with van der Waals surface area (Å²) in [7, 11) is 0. The van der Waals surface area contributed by atoms with E-state index in [0.29, 0.717) is 11.5 Å². The van der Waals surface area contributed by atoms with Gasteiger partial charge in [-0.25, -0.2) is 0 Å². The van der Waals surface area contributed by atoms with E-state index in [2.05, 4.69) is 21.2 Å². The monoisotopic (exact) mass is 297 g/mol. The summed E-state index contributed by atoms with van der Waals surface area (Å²) in [6.45, 7) is 2.03. The average Bonchev–Trinajstić information content (AvgIpc) is 2.13. The normalized spacial score (nSPS) is 17.3. The SMILES string of the molecule is CC(NC(=O)c1ccc(Br)cc1O)C1CCC1. The molecule has 1 atom stereocenters. The Hall–Kier alpha value is -1.03. The predicted molar refractivity (Wildman–Crippen MR) is 70.1 cm³/mol. The summed E-state index contributed by atoms with van der Waals surface area (Å²) >= 11 is 3.25. The van der Waals surface area contributed by atoms with Crippen molar-refractivity contribution in [2.75, 3.05) is 0 Å². The molecule has 1 aliphatic rings. The minimum Gasteiger partial charge on any atom is -0.507 e. The summed E-state index contributed by atoms with van der Waals surface area (Å²) in [6, 6.07) is 5.09. The van der Waals surface area contributed by atoms with Gasteiger partial charge in [-0.05, 0) is 43.9 Å². The zero-order chi connectivity index (χ0) is 12.4. The van der Waals surface area contributed by atoms with Gasteiger partial charge in [0.1, 0.15) is 5.75 Å². The smallest absolute Gasteiger partial charge is 0.255 e. The number of phenolic OH excluding ortho intramolecular Hbond substituents is 1. The van der Waals surface area contributed by atoms with Crippen LogP contribution in [0.15, 0.2) is 22.7 Å². The van der Waals surface area contributed by atoms with E-state index < -0.39 is 0 Å². The van der Waals surface area contributed by atoms with Crippen LogP contribution in [0, 0.1) is 5.92 Å². The Balaban J connectivity index is 2.03. The van der Waals surface area contributed by atoms with E-state index in [9.17, 15) is 9.90 Å². The molecule has 0 spiro atoms. The van der Waals surface area contributed by atoms with Crippen molar-refractivity contribution in [2.45, 2.75) is 32.2 Å². The Kier molecular flexibility index (Phi) is 3.72. The van der Waals surface area contributed by atoms with E-state index in [-0.39, 0.29) is 17.7 Å². The van der Waals surface area contributed by atoms with E-state index in [0.717, 1.165) is 4.47 Å². The third-order valence-electron chi connectivity index (χ3n) is 3.42. The fraction of sp³-hybridized carbons (Fsp3) is 0.462. The Morgan fingerprint density at radius 1 is 1.53 bits per heavy atom. The second-order valence-corrected chi connectivity index (χ2v) is 5.53. The molecule has 92 valence electrons. The highest BCUT2D eigenvalue weighted by atomic mass is 79.9. The van der Waals surface area contributed by atoms with Gasteiger partial charge in [-0.1, -0.05) is 22.4 Å². The predicted octanol–water partition coefficient (Wildman–Crippen LogP) is 3.07. The van der Waals surface area contributed by atoms with Crippen LogP contribution < -0.4 is 5.32 Å². The second kappa shape index (κ2) is 5.08. The summed E-state index contributed by atoms with van der Waals surface area (Å²) in [5.41, 5.74) is 0.333. The van der Waals surface area contributed by atoms with Crippen LogP contribution in [-0.2, 0) is 0 Å². The topological polar surface area (TPSA) is 49.3 Å². The van der Waals surface area contributed by atoms with Crippen LogP contribution in [0.3, 0.4) is 0 Å². The van der Waals surface area contributed by atoms with Gasteiger partial charge in [-0.15, -0.1) is 0 Å². The zero-order valence-electron chi connectivity index (χ0n) is 9.74. The molecular formula is C13H16BrNO2. The second-order valence-electron chi connectivity index (χ2n) is 4.61. The maximum atomic E-state index is 11.9. The van der Waals surface area contributed by atoms with E-state index in [1.54, 1.807) is 12.1 Å². The van der Waals surface area contributed by atoms with E-state index >= 15 is 0 Å². The quantitative estimate of drug-likeness (QED) is 0.901. The van der Waals surface area contributed by atoms with Crippen LogP contribution in [0.2, 0.25) is 0 Å². The number of hydrogen-bond donors (Lipinski definition) is 2. The number of nitrogens with one attached hydrogen (secondary N) is 1. The molecule has 1 unspecified atom stereocenters. The lowest BCUT2D eigenvalue weighted by molar-refractivity contribution is 0.0906. The van der Waals surface area contributed by atoms with Gasteiger partial charge >= 0.3 is 0 Å². The minimum atomic E-state index is -0.200. The van der Waals surface area contributed by atoms with E-state index in [1.807, 2.05) is 6.92 Å². The molecule has 1 aliphatic carbocycles. The molecule has 0 saturated heterocycles. The molecule has 0 aliphatic heterocycles. The van der Waals surface area contributed by atoms with Crippen LogP contribution in [0.1, 0.15) is 36.5 Å². The summed E-state index contributed by atoms with van der Waals surface area (Å²) in [4.78, 5) is 11.9. The van der Waals surface area contributed by atoms with Crippen LogP contribution in [0.5, 0.6) is 5.75 Å². The van der Waals surface area contributed by atoms with Crippen LogP contribution in [0.4, 0.5) is 0 Å². The number of halogens is 1. The first kappa shape index (κ1) is 12.4. The molecular weight excluding hydrogens is 282 g/mol. The first-order valence-corrected chi connectivity index (χ1v) is 6.66. The molecule has 0 radical (unpaired) electrons. The summed E-state index contributed by atoms with van der Waals surface area (Å²) < 4.78 is 0.763. The summed E-state index contributed by atoms with van der Waals surface area (Å²) in [5.74, 6) is 0.406. The maximum Gasteiger partial charge on any atom is 0.255 e. The van der Waals surface area contributed by atoms with E-state index in [1.165, 1.54) is 25.3 Å². The van der Waals surface area contributed by atoms with Gasteiger partial charge in [0, 0.05) is 10.5 Å². The molecule has 0 aromatic heterocycles. The van der Waals surface area contributed by atoms with Crippen molar-refractivity contribution >= 4 is 21.8 Å². The molecule has 1 saturated carbocycles. The highest BCUT2D eigenvalue weighted by Crippen LogP contribution is 2.30. The highest BCUT2D eigenvalue weighted by Gasteiger charge is 2.25. The number of phenols is 1. The number of aromatic hydroxyl groups is 1. The summed E-state index contributed by atoms with van der Waals surface area (Å²) in [5, 5.41) is 12.6. The molecule has 1 amide bonds. The molecule has 0 heterocycles. The van der Waals surface area contributed by atoms with Crippen molar-refractivity contribution < 1.29 is 9.90 Å². The number of carbonyl (C=O) groups is 1. The van der Waals surface area contributed by atoms with Crippen LogP contribution in [0.25, 0.3) is 0 Å². The van der Waals surface area contributed by atoms with Crippen LogP contribution in [-0.4, -0.2) is 17.1 Å². The molecule has 17 heavy (non-hydrogen) atoms. The zero-order valence-corrected chi connectivity index (χ0v) is 11.3. The van der Waals surface area contributed by atoms with Crippen molar-refractivity contribution in [2.24, 2.45) is 5.92 Å². The first-order valence-electron chi connectivity index (χ1n) is 5.87. The largest absolute Gasteiger partial charge is 0.507 e. The van der Waals surface area contributed by atoms with Crippen molar-refractivity contribution in [3.8, 4) is 5.75 Å². The molecule has 1 fully saturated rings. The van der Waals surface area contributed by atoms with E-state index in [4.69, 9.17) is 0 Å². The number of amides is 1. The molecule has 1 aromatic carbocycles. The highest BCUT2D eigenvalue weighted by molar-refractivity contribution is 9.10. The van der Waals surface area contributed by atoms with Crippen molar-refractivity contribution in [1.82, 2.24) is 5.32 Å². The van der Waals surface area contributed by atoms with Gasteiger partial charge in [0.2, 0.25) is 0 Å². The lowest BCUT2D eigenvalue weighted by Gasteiger charge is -2.31. The molecule has 1 aromatic rings. The van der Waals surface area contributed by atoms with Gasteiger partial charge < -0.3 is 10.4 Å². The van der Waals surface area contributed by atoms with Gasteiger partial charge in [-0.3, -0.25) is 4.79 Å². The fourth-order valence-electron chi connectivity index (χ4n) is 2.04. The maximum absolute atomic E-state index is 11.9. The Bertz CT molecular complexity index is 429. The third kappa shape index (κ3) is 2.80. The summed E-state index contributed by atoms with van der Waals surface area (Å²) in [6.07, 6.45) is 3.63. The fourth-order valence-corrected chi connectivity index (χ4v) is 2.39. The molecule has 2 N–H and O–H groups in total. The molecule has 3 nitrogen and oxygen atoms in total. The number of rotatable bonds is 3. The molecule has 4 heteroatoms. The third-order valence-corrected chi connectivity index (χ3v) is 3.91. The van der Waals surface area contributed by atoms with Crippen molar-refractivity contribution in [3.63, 3.8) is 0 Å². The van der Waals surface area contributed by atoms with Gasteiger partial charge in [-0.2, -0.15) is 0 Å². The number of hydrogen-bond acceptors (Lipinski definition) is 2. The van der Waals surface area contributed by atoms with Gasteiger partial charge in [0.05, 0.1) is 5.56 Å². The average molecular weight is 298 g/mol. The van der Waals surface area contributed by atoms with Crippen molar-refractivity contribution in [1.29, 1.82) is 0 Å².